The Bertz CT molecular complexity index is 370. The van der Waals surface area contributed by atoms with Crippen LogP contribution in [0.2, 0.25) is 0 Å². The maximum absolute atomic E-state index is 11.8. The summed E-state index contributed by atoms with van der Waals surface area (Å²) in [4.78, 5) is 34.2. The molecule has 1 aliphatic rings. The van der Waals surface area contributed by atoms with Gasteiger partial charge in [-0.25, -0.2) is 9.59 Å². The van der Waals surface area contributed by atoms with Crippen molar-refractivity contribution in [3.05, 3.63) is 0 Å². The molecule has 1 N–H and O–H groups in total. The molecular formula is C10H16KNO5S. The van der Waals surface area contributed by atoms with Gasteiger partial charge >= 0.3 is 63.3 Å². The van der Waals surface area contributed by atoms with Gasteiger partial charge < -0.3 is 16.2 Å². The van der Waals surface area contributed by atoms with Gasteiger partial charge in [0.2, 0.25) is 5.91 Å². The number of rotatable bonds is 3. The van der Waals surface area contributed by atoms with Gasteiger partial charge in [0.15, 0.2) is 4.87 Å². The smallest absolute Gasteiger partial charge is 1.00 e. The van der Waals surface area contributed by atoms with E-state index in [1.807, 2.05) is 0 Å². The first-order valence-corrected chi connectivity index (χ1v) is 6.17. The number of nitrogens with zero attached hydrogens (tertiary/aromatic N) is 1. The van der Waals surface area contributed by atoms with Crippen LogP contribution in [0, 0.1) is 0 Å². The van der Waals surface area contributed by atoms with Gasteiger partial charge in [0, 0.05) is 12.7 Å². The number of carboxylic acid groups (broad SMARTS) is 1. The van der Waals surface area contributed by atoms with Crippen LogP contribution in [0.15, 0.2) is 0 Å². The van der Waals surface area contributed by atoms with E-state index in [1.165, 1.54) is 13.8 Å². The zero-order valence-corrected chi connectivity index (χ0v) is 14.9. The Morgan fingerprint density at radius 2 is 2.11 bits per heavy atom. The van der Waals surface area contributed by atoms with Crippen molar-refractivity contribution in [2.45, 2.75) is 31.7 Å². The predicted octanol–water partition coefficient (Wildman–Crippen LogP) is -2.57. The van der Waals surface area contributed by atoms with Gasteiger partial charge in [-0.05, 0) is 13.8 Å². The Kier molecular flexibility index (Phi) is 7.41. The van der Waals surface area contributed by atoms with Crippen LogP contribution in [0.3, 0.4) is 0 Å². The van der Waals surface area contributed by atoms with E-state index in [4.69, 9.17) is 9.84 Å². The summed E-state index contributed by atoms with van der Waals surface area (Å²) in [5.74, 6) is -1.95. The number of carbonyl (C=O) groups is 3. The molecule has 0 aliphatic carbocycles. The van der Waals surface area contributed by atoms with Crippen molar-refractivity contribution < 1.29 is 77.0 Å². The van der Waals surface area contributed by atoms with E-state index in [9.17, 15) is 14.4 Å². The minimum Gasteiger partial charge on any atom is -1.00 e. The average molecular weight is 301 g/mol. The summed E-state index contributed by atoms with van der Waals surface area (Å²) < 4.78 is 4.89. The third-order valence-electron chi connectivity index (χ3n) is 2.57. The van der Waals surface area contributed by atoms with E-state index in [-0.39, 0.29) is 65.2 Å². The van der Waals surface area contributed by atoms with E-state index in [0.717, 1.165) is 16.7 Å². The maximum atomic E-state index is 11.8. The Hall–Kier alpha value is 0.396. The van der Waals surface area contributed by atoms with E-state index in [0.29, 0.717) is 0 Å². The Morgan fingerprint density at radius 3 is 2.50 bits per heavy atom. The summed E-state index contributed by atoms with van der Waals surface area (Å²) in [5, 5.41) is 9.02. The van der Waals surface area contributed by atoms with Crippen molar-refractivity contribution in [3.8, 4) is 0 Å². The number of ether oxygens (including phenoxy) is 1. The van der Waals surface area contributed by atoms with Gasteiger partial charge in [0.1, 0.15) is 6.04 Å². The molecule has 0 aromatic carbocycles. The first-order valence-electron chi connectivity index (χ1n) is 5.18. The molecule has 0 bridgehead atoms. The minimum absolute atomic E-state index is 0. The fourth-order valence-electron chi connectivity index (χ4n) is 1.81. The van der Waals surface area contributed by atoms with Gasteiger partial charge in [0.25, 0.3) is 0 Å². The summed E-state index contributed by atoms with van der Waals surface area (Å²) in [7, 11) is 0. The molecule has 6 nitrogen and oxygen atoms in total. The van der Waals surface area contributed by atoms with Gasteiger partial charge in [-0.2, -0.15) is 0 Å². The molecule has 0 aromatic rings. The fourth-order valence-corrected chi connectivity index (χ4v) is 3.15. The van der Waals surface area contributed by atoms with Gasteiger partial charge in [-0.3, -0.25) is 4.79 Å². The second kappa shape index (κ2) is 7.25. The SMILES string of the molecule is CCOC(=O)C1(C)SCC(C(=O)O)N1C(C)=O.[H-].[K+]. The van der Waals surface area contributed by atoms with Gasteiger partial charge in [-0.15, -0.1) is 11.8 Å². The maximum Gasteiger partial charge on any atom is 1.00 e. The van der Waals surface area contributed by atoms with Crippen molar-refractivity contribution in [2.24, 2.45) is 0 Å². The molecule has 1 fully saturated rings. The molecule has 1 rings (SSSR count). The molecule has 0 spiro atoms. The van der Waals surface area contributed by atoms with Crippen molar-refractivity contribution in [3.63, 3.8) is 0 Å². The molecule has 1 saturated heterocycles. The molecule has 18 heavy (non-hydrogen) atoms. The van der Waals surface area contributed by atoms with E-state index >= 15 is 0 Å². The summed E-state index contributed by atoms with van der Waals surface area (Å²) in [5.41, 5.74) is 0. The molecule has 2 unspecified atom stereocenters. The first kappa shape index (κ1) is 18.4. The molecule has 1 heterocycles. The largest absolute Gasteiger partial charge is 1.00 e. The Balaban J connectivity index is 0. The number of esters is 1. The number of hydrogen-bond donors (Lipinski definition) is 1. The van der Waals surface area contributed by atoms with Gasteiger partial charge in [-0.1, -0.05) is 0 Å². The second-order valence-electron chi connectivity index (χ2n) is 3.76. The molecular weight excluding hydrogens is 285 g/mol. The second-order valence-corrected chi connectivity index (χ2v) is 5.17. The number of carbonyl (C=O) groups excluding carboxylic acids is 2. The number of hydrogen-bond acceptors (Lipinski definition) is 5. The van der Waals surface area contributed by atoms with Crippen LogP contribution >= 0.6 is 11.8 Å². The summed E-state index contributed by atoms with van der Waals surface area (Å²) >= 11 is 1.12. The van der Waals surface area contributed by atoms with E-state index < -0.39 is 28.8 Å². The first-order chi connectivity index (χ1) is 7.84. The molecule has 0 aromatic heterocycles. The van der Waals surface area contributed by atoms with E-state index in [1.54, 1.807) is 6.92 Å². The number of carboxylic acids is 1. The standard InChI is InChI=1S/C10H15NO5S.K.H/c1-4-16-9(15)10(3)11(6(2)12)7(5-17-10)8(13)14;;/h7H,4-5H2,1-3H3,(H,13,14);;/q;+1;-1. The number of thioether (sulfide) groups is 1. The third-order valence-corrected chi connectivity index (χ3v) is 3.98. The summed E-state index contributed by atoms with van der Waals surface area (Å²) in [6.45, 7) is 4.62. The fraction of sp³-hybridized carbons (Fsp3) is 0.700. The quantitative estimate of drug-likeness (QED) is 0.456. The predicted molar refractivity (Wildman–Crippen MR) is 62.6 cm³/mol. The summed E-state index contributed by atoms with van der Waals surface area (Å²) in [6, 6.07) is -0.980. The van der Waals surface area contributed by atoms with E-state index in [2.05, 4.69) is 0 Å². The molecule has 0 radical (unpaired) electrons. The molecule has 8 heteroatoms. The van der Waals surface area contributed by atoms with Crippen LogP contribution in [0.4, 0.5) is 0 Å². The topological polar surface area (TPSA) is 83.9 Å². The zero-order chi connectivity index (χ0) is 13.2. The molecule has 0 saturated carbocycles. The van der Waals surface area contributed by atoms with Crippen LogP contribution in [-0.4, -0.2) is 51.1 Å². The molecule has 1 aliphatic heterocycles. The van der Waals surface area contributed by atoms with Crippen molar-refractivity contribution in [1.29, 1.82) is 0 Å². The van der Waals surface area contributed by atoms with Crippen LogP contribution in [0.5, 0.6) is 0 Å². The van der Waals surface area contributed by atoms with Crippen molar-refractivity contribution >= 4 is 29.6 Å². The summed E-state index contributed by atoms with van der Waals surface area (Å²) in [6.07, 6.45) is 0. The van der Waals surface area contributed by atoms with Crippen molar-refractivity contribution in [1.82, 2.24) is 4.90 Å². The zero-order valence-electron chi connectivity index (χ0n) is 11.9. The van der Waals surface area contributed by atoms with Crippen LogP contribution < -0.4 is 51.4 Å². The van der Waals surface area contributed by atoms with Crippen molar-refractivity contribution in [2.75, 3.05) is 12.4 Å². The normalized spacial score (nSPS) is 26.4. The Morgan fingerprint density at radius 1 is 1.56 bits per heavy atom. The molecule has 98 valence electrons. The molecule has 1 amide bonds. The minimum atomic E-state index is -1.25. The number of amides is 1. The van der Waals surface area contributed by atoms with Gasteiger partial charge in [0.05, 0.1) is 6.61 Å². The van der Waals surface area contributed by atoms with Crippen LogP contribution in [0.1, 0.15) is 22.2 Å². The molecule has 2 atom stereocenters. The number of aliphatic carboxylic acids is 1. The average Bonchev–Trinajstić information content (AvgIpc) is 2.58. The van der Waals surface area contributed by atoms with Crippen LogP contribution in [0.25, 0.3) is 0 Å². The third kappa shape index (κ3) is 3.48. The van der Waals surface area contributed by atoms with Crippen LogP contribution in [-0.2, 0) is 19.1 Å². The monoisotopic (exact) mass is 301 g/mol. The Labute approximate surface area is 154 Å².